The summed E-state index contributed by atoms with van der Waals surface area (Å²) < 4.78 is 0. The zero-order valence-corrected chi connectivity index (χ0v) is 11.1. The lowest BCUT2D eigenvalue weighted by Gasteiger charge is -2.54. The SMILES string of the molecule is CC1=C(C=O)[C@@]2(C)CCCC(C)(C)[C@H]2CC1. The molecule has 2 atom stereocenters. The number of fused-ring (bicyclic) bond motifs is 1. The molecule has 0 bridgehead atoms. The minimum atomic E-state index is 0.159. The maximum absolute atomic E-state index is 11.4. The molecular formula is C15H24O. The number of carbonyl (C=O) groups excluding carboxylic acids is 1. The standard InChI is InChI=1S/C15H24O/c1-11-6-7-13-14(2,3)8-5-9-15(13,4)12(11)10-16/h10,13H,5-9H2,1-4H3/t13-,15-/m1/s1. The number of hydrogen-bond donors (Lipinski definition) is 0. The van der Waals surface area contributed by atoms with Crippen molar-refractivity contribution in [2.75, 3.05) is 0 Å². The molecule has 0 amide bonds. The normalized spacial score (nSPS) is 38.1. The number of hydrogen-bond acceptors (Lipinski definition) is 1. The summed E-state index contributed by atoms with van der Waals surface area (Å²) in [5.41, 5.74) is 3.02. The molecule has 1 heteroatoms. The summed E-state index contributed by atoms with van der Waals surface area (Å²) in [6, 6.07) is 0. The van der Waals surface area contributed by atoms with Crippen LogP contribution in [0, 0.1) is 16.7 Å². The Balaban J connectivity index is 2.46. The molecule has 0 aliphatic heterocycles. The lowest BCUT2D eigenvalue weighted by atomic mass is 9.50. The first-order chi connectivity index (χ1) is 7.42. The second kappa shape index (κ2) is 3.72. The minimum absolute atomic E-state index is 0.159. The second-order valence-electron chi connectivity index (χ2n) is 6.66. The van der Waals surface area contributed by atoms with E-state index in [-0.39, 0.29) is 5.41 Å². The topological polar surface area (TPSA) is 17.1 Å². The summed E-state index contributed by atoms with van der Waals surface area (Å²) >= 11 is 0. The zero-order valence-electron chi connectivity index (χ0n) is 11.1. The predicted molar refractivity (Wildman–Crippen MR) is 67.2 cm³/mol. The molecule has 0 aromatic heterocycles. The molecule has 0 N–H and O–H groups in total. The van der Waals surface area contributed by atoms with E-state index in [4.69, 9.17) is 0 Å². The van der Waals surface area contributed by atoms with E-state index in [0.717, 1.165) is 18.3 Å². The van der Waals surface area contributed by atoms with E-state index < -0.39 is 0 Å². The van der Waals surface area contributed by atoms with E-state index in [1.165, 1.54) is 31.3 Å². The highest BCUT2D eigenvalue weighted by Gasteiger charge is 2.49. The van der Waals surface area contributed by atoms with Gasteiger partial charge < -0.3 is 0 Å². The molecule has 2 aliphatic rings. The quantitative estimate of drug-likeness (QED) is 0.607. The zero-order chi connectivity index (χ0) is 12.0. The third-order valence-electron chi connectivity index (χ3n) is 5.23. The first-order valence-corrected chi connectivity index (χ1v) is 6.57. The molecule has 2 aliphatic carbocycles. The molecule has 1 nitrogen and oxygen atoms in total. The van der Waals surface area contributed by atoms with E-state index in [1.54, 1.807) is 0 Å². The van der Waals surface area contributed by atoms with Crippen LogP contribution in [0.3, 0.4) is 0 Å². The van der Waals surface area contributed by atoms with Crippen molar-refractivity contribution in [3.8, 4) is 0 Å². The van der Waals surface area contributed by atoms with Gasteiger partial charge in [0, 0.05) is 0 Å². The van der Waals surface area contributed by atoms with Crippen molar-refractivity contribution in [2.24, 2.45) is 16.7 Å². The monoisotopic (exact) mass is 220 g/mol. The second-order valence-corrected chi connectivity index (χ2v) is 6.66. The Labute approximate surface area is 99.3 Å². The lowest BCUT2D eigenvalue weighted by molar-refractivity contribution is -0.107. The highest BCUT2D eigenvalue weighted by atomic mass is 16.1. The van der Waals surface area contributed by atoms with E-state index in [9.17, 15) is 4.79 Å². The third kappa shape index (κ3) is 1.56. The van der Waals surface area contributed by atoms with Gasteiger partial charge in [-0.2, -0.15) is 0 Å². The predicted octanol–water partition coefficient (Wildman–Crippen LogP) is 4.13. The molecule has 0 spiro atoms. The average molecular weight is 220 g/mol. The van der Waals surface area contributed by atoms with Crippen molar-refractivity contribution < 1.29 is 4.79 Å². The number of carbonyl (C=O) groups is 1. The molecule has 0 aromatic carbocycles. The van der Waals surface area contributed by atoms with Crippen molar-refractivity contribution in [3.63, 3.8) is 0 Å². The summed E-state index contributed by atoms with van der Waals surface area (Å²) in [5, 5.41) is 0. The highest BCUT2D eigenvalue weighted by Crippen LogP contribution is 2.58. The lowest BCUT2D eigenvalue weighted by Crippen LogP contribution is -2.45. The van der Waals surface area contributed by atoms with Gasteiger partial charge in [0.1, 0.15) is 6.29 Å². The minimum Gasteiger partial charge on any atom is -0.298 e. The molecule has 0 aromatic rings. The van der Waals surface area contributed by atoms with Gasteiger partial charge in [-0.05, 0) is 54.9 Å². The van der Waals surface area contributed by atoms with Crippen LogP contribution in [0.5, 0.6) is 0 Å². The van der Waals surface area contributed by atoms with Crippen molar-refractivity contribution in [3.05, 3.63) is 11.1 Å². The fourth-order valence-electron chi connectivity index (χ4n) is 4.37. The molecule has 90 valence electrons. The summed E-state index contributed by atoms with van der Waals surface area (Å²) in [6.07, 6.45) is 7.32. The number of rotatable bonds is 1. The Hall–Kier alpha value is -0.590. The van der Waals surface area contributed by atoms with Gasteiger partial charge in [-0.15, -0.1) is 0 Å². The van der Waals surface area contributed by atoms with Gasteiger partial charge in [-0.3, -0.25) is 4.79 Å². The molecule has 1 saturated carbocycles. The van der Waals surface area contributed by atoms with Gasteiger partial charge in [0.05, 0.1) is 0 Å². The Morgan fingerprint density at radius 1 is 1.25 bits per heavy atom. The van der Waals surface area contributed by atoms with Crippen LogP contribution in [0.25, 0.3) is 0 Å². The maximum atomic E-state index is 11.4. The van der Waals surface area contributed by atoms with E-state index >= 15 is 0 Å². The van der Waals surface area contributed by atoms with Crippen LogP contribution in [-0.4, -0.2) is 6.29 Å². The van der Waals surface area contributed by atoms with Gasteiger partial charge in [-0.25, -0.2) is 0 Å². The smallest absolute Gasteiger partial charge is 0.146 e. The van der Waals surface area contributed by atoms with Crippen LogP contribution >= 0.6 is 0 Å². The Morgan fingerprint density at radius 3 is 2.56 bits per heavy atom. The first-order valence-electron chi connectivity index (χ1n) is 6.57. The summed E-state index contributed by atoms with van der Waals surface area (Å²) in [4.78, 5) is 11.4. The van der Waals surface area contributed by atoms with E-state index in [1.807, 2.05) is 0 Å². The van der Waals surface area contributed by atoms with Gasteiger partial charge in [0.15, 0.2) is 0 Å². The fraction of sp³-hybridized carbons (Fsp3) is 0.800. The molecule has 0 radical (unpaired) electrons. The van der Waals surface area contributed by atoms with Crippen LogP contribution in [0.2, 0.25) is 0 Å². The summed E-state index contributed by atoms with van der Waals surface area (Å²) in [5.74, 6) is 0.692. The van der Waals surface area contributed by atoms with Crippen LogP contribution < -0.4 is 0 Å². The molecule has 16 heavy (non-hydrogen) atoms. The fourth-order valence-corrected chi connectivity index (χ4v) is 4.37. The Bertz CT molecular complexity index is 337. The largest absolute Gasteiger partial charge is 0.298 e. The van der Waals surface area contributed by atoms with Crippen molar-refractivity contribution in [2.45, 2.75) is 59.8 Å². The van der Waals surface area contributed by atoms with Crippen molar-refractivity contribution in [1.29, 1.82) is 0 Å². The van der Waals surface area contributed by atoms with Crippen LogP contribution in [0.15, 0.2) is 11.1 Å². The first kappa shape index (κ1) is 11.9. The molecule has 2 rings (SSSR count). The number of aldehydes is 1. The van der Waals surface area contributed by atoms with E-state index in [2.05, 4.69) is 27.7 Å². The van der Waals surface area contributed by atoms with Crippen LogP contribution in [0.1, 0.15) is 59.8 Å². The van der Waals surface area contributed by atoms with Gasteiger partial charge in [0.25, 0.3) is 0 Å². The molecule has 0 heterocycles. The third-order valence-corrected chi connectivity index (χ3v) is 5.23. The van der Waals surface area contributed by atoms with Gasteiger partial charge >= 0.3 is 0 Å². The van der Waals surface area contributed by atoms with Gasteiger partial charge in [-0.1, -0.05) is 32.8 Å². The van der Waals surface area contributed by atoms with Crippen LogP contribution in [-0.2, 0) is 4.79 Å². The number of allylic oxidation sites excluding steroid dienone is 2. The molecular weight excluding hydrogens is 196 g/mol. The maximum Gasteiger partial charge on any atom is 0.146 e. The molecule has 0 unspecified atom stereocenters. The summed E-state index contributed by atoms with van der Waals surface area (Å²) in [7, 11) is 0. The average Bonchev–Trinajstić information content (AvgIpc) is 2.15. The Kier molecular flexibility index (Phi) is 2.76. The molecule has 0 saturated heterocycles. The van der Waals surface area contributed by atoms with Crippen molar-refractivity contribution >= 4 is 6.29 Å². The van der Waals surface area contributed by atoms with Crippen molar-refractivity contribution in [1.82, 2.24) is 0 Å². The highest BCUT2D eigenvalue weighted by molar-refractivity contribution is 5.77. The van der Waals surface area contributed by atoms with Crippen LogP contribution in [0.4, 0.5) is 0 Å². The Morgan fingerprint density at radius 2 is 1.94 bits per heavy atom. The van der Waals surface area contributed by atoms with Gasteiger partial charge in [0.2, 0.25) is 0 Å². The van der Waals surface area contributed by atoms with E-state index in [0.29, 0.717) is 11.3 Å². The molecule has 1 fully saturated rings. The summed E-state index contributed by atoms with van der Waals surface area (Å²) in [6.45, 7) is 9.24.